The molecule has 1 aliphatic heterocycles. The Labute approximate surface area is 196 Å². The zero-order valence-electron chi connectivity index (χ0n) is 20.3. The molecule has 0 fully saturated rings. The Kier molecular flexibility index (Phi) is 9.79. The van der Waals surface area contributed by atoms with Crippen molar-refractivity contribution >= 4 is 17.8 Å². The number of fused-ring (bicyclic) bond motifs is 2. The highest BCUT2D eigenvalue weighted by molar-refractivity contribution is 5.94. The number of nitrogens with one attached hydrogen (secondary N) is 3. The summed E-state index contributed by atoms with van der Waals surface area (Å²) in [5.41, 5.74) is 1.64. The van der Waals surface area contributed by atoms with E-state index in [-0.39, 0.29) is 24.4 Å². The highest BCUT2D eigenvalue weighted by Gasteiger charge is 2.32. The molecule has 1 aromatic rings. The van der Waals surface area contributed by atoms with Crippen molar-refractivity contribution in [2.75, 3.05) is 13.2 Å². The number of ether oxygens (including phenoxy) is 1. The SMILES string of the molecule is CC(C)C(NC(=O)OCC(C)(C)C)C(=O)NC1Cc2cncc(c2)CCCCNC(O)C1=O. The number of aromatic nitrogens is 1. The number of hydrogen-bond acceptors (Lipinski definition) is 7. The van der Waals surface area contributed by atoms with E-state index in [1.165, 1.54) is 0 Å². The maximum Gasteiger partial charge on any atom is 0.407 e. The molecule has 0 spiro atoms. The number of alkyl carbamates (subject to hydrolysis) is 1. The van der Waals surface area contributed by atoms with Crippen molar-refractivity contribution in [2.45, 2.75) is 78.6 Å². The Morgan fingerprint density at radius 2 is 1.94 bits per heavy atom. The van der Waals surface area contributed by atoms with Gasteiger partial charge in [-0.15, -0.1) is 0 Å². The van der Waals surface area contributed by atoms with Gasteiger partial charge in [-0.25, -0.2) is 4.79 Å². The number of hydrogen-bond donors (Lipinski definition) is 4. The largest absolute Gasteiger partial charge is 0.449 e. The van der Waals surface area contributed by atoms with Crippen molar-refractivity contribution in [1.29, 1.82) is 0 Å². The standard InChI is InChI=1S/C24H38N4O5/c1-15(2)19(28-23(32)33-14-24(3,4)5)21(30)27-18-11-17-10-16(12-25-13-17)8-6-7-9-26-22(31)20(18)29/h10,12-13,15,18-19,22,26,31H,6-9,11,14H2,1-5H3,(H,27,30)(H,28,32). The van der Waals surface area contributed by atoms with Crippen LogP contribution in [0.3, 0.4) is 0 Å². The molecule has 1 aliphatic rings. The summed E-state index contributed by atoms with van der Waals surface area (Å²) in [7, 11) is 0. The molecule has 0 radical (unpaired) electrons. The first-order valence-electron chi connectivity index (χ1n) is 11.6. The molecule has 0 saturated heterocycles. The van der Waals surface area contributed by atoms with Crippen molar-refractivity contribution in [3.05, 3.63) is 29.6 Å². The summed E-state index contributed by atoms with van der Waals surface area (Å²) in [5.74, 6) is -1.30. The molecule has 2 amide bonds. The number of carbonyl (C=O) groups excluding carboxylic acids is 3. The van der Waals surface area contributed by atoms with E-state index < -0.39 is 36.1 Å². The zero-order valence-corrected chi connectivity index (χ0v) is 20.3. The van der Waals surface area contributed by atoms with Crippen molar-refractivity contribution < 1.29 is 24.2 Å². The van der Waals surface area contributed by atoms with Gasteiger partial charge in [0.15, 0.2) is 12.0 Å². The second-order valence-corrected chi connectivity index (χ2v) is 10.2. The van der Waals surface area contributed by atoms with Crippen LogP contribution in [-0.4, -0.2) is 59.3 Å². The second-order valence-electron chi connectivity index (χ2n) is 10.2. The van der Waals surface area contributed by atoms with E-state index in [2.05, 4.69) is 20.9 Å². The lowest BCUT2D eigenvalue weighted by Crippen LogP contribution is -2.57. The van der Waals surface area contributed by atoms with Crippen LogP contribution in [0.1, 0.15) is 58.6 Å². The van der Waals surface area contributed by atoms with Crippen LogP contribution < -0.4 is 16.0 Å². The molecule has 184 valence electrons. The second kappa shape index (κ2) is 12.1. The number of pyridine rings is 1. The number of Topliss-reactive ketones (excluding diaryl/α,β-unsaturated/α-hetero) is 1. The number of aliphatic hydroxyl groups is 1. The Morgan fingerprint density at radius 3 is 2.61 bits per heavy atom. The van der Waals surface area contributed by atoms with Crippen LogP contribution in [0.5, 0.6) is 0 Å². The van der Waals surface area contributed by atoms with Gasteiger partial charge in [0.25, 0.3) is 0 Å². The maximum absolute atomic E-state index is 13.1. The summed E-state index contributed by atoms with van der Waals surface area (Å²) in [6, 6.07) is 0.0921. The quantitative estimate of drug-likeness (QED) is 0.524. The lowest BCUT2D eigenvalue weighted by atomic mass is 9.97. The molecular formula is C24H38N4O5. The van der Waals surface area contributed by atoms with Gasteiger partial charge >= 0.3 is 6.09 Å². The molecule has 9 nitrogen and oxygen atoms in total. The monoisotopic (exact) mass is 462 g/mol. The molecule has 1 aromatic heterocycles. The van der Waals surface area contributed by atoms with Gasteiger partial charge in [0.05, 0.1) is 12.6 Å². The average Bonchev–Trinajstić information content (AvgIpc) is 2.73. The lowest BCUT2D eigenvalue weighted by molar-refractivity contribution is -0.135. The normalized spacial score (nSPS) is 20.9. The third-order valence-corrected chi connectivity index (χ3v) is 5.31. The van der Waals surface area contributed by atoms with Crippen molar-refractivity contribution in [3.63, 3.8) is 0 Å². The maximum atomic E-state index is 13.1. The molecule has 3 unspecified atom stereocenters. The molecule has 0 saturated carbocycles. The Morgan fingerprint density at radius 1 is 1.24 bits per heavy atom. The van der Waals surface area contributed by atoms with Gasteiger partial charge in [0.2, 0.25) is 5.91 Å². The van der Waals surface area contributed by atoms with E-state index in [0.717, 1.165) is 30.4 Å². The molecule has 0 aromatic carbocycles. The topological polar surface area (TPSA) is 130 Å². The summed E-state index contributed by atoms with van der Waals surface area (Å²) in [6.07, 6.45) is 4.10. The number of ketones is 1. The summed E-state index contributed by atoms with van der Waals surface area (Å²) in [6.45, 7) is 10.1. The summed E-state index contributed by atoms with van der Waals surface area (Å²) >= 11 is 0. The minimum Gasteiger partial charge on any atom is -0.449 e. The van der Waals surface area contributed by atoms with Crippen molar-refractivity contribution in [1.82, 2.24) is 20.9 Å². The van der Waals surface area contributed by atoms with Crippen LogP contribution in [0.2, 0.25) is 0 Å². The predicted octanol–water partition coefficient (Wildman–Crippen LogP) is 1.72. The molecule has 2 rings (SSSR count). The van der Waals surface area contributed by atoms with Gasteiger partial charge in [-0.3, -0.25) is 19.9 Å². The Bertz CT molecular complexity index is 821. The zero-order chi connectivity index (χ0) is 24.6. The smallest absolute Gasteiger partial charge is 0.407 e. The summed E-state index contributed by atoms with van der Waals surface area (Å²) < 4.78 is 5.23. The Hall–Kier alpha value is -2.52. The average molecular weight is 463 g/mol. The van der Waals surface area contributed by atoms with E-state index in [1.807, 2.05) is 26.8 Å². The molecule has 33 heavy (non-hydrogen) atoms. The van der Waals surface area contributed by atoms with E-state index in [9.17, 15) is 19.5 Å². The fourth-order valence-electron chi connectivity index (χ4n) is 3.48. The number of aryl methyl sites for hydroxylation is 1. The number of rotatable bonds is 5. The molecular weight excluding hydrogens is 424 g/mol. The van der Waals surface area contributed by atoms with Crippen LogP contribution in [-0.2, 0) is 27.2 Å². The minimum absolute atomic E-state index is 0.184. The molecule has 4 N–H and O–H groups in total. The summed E-state index contributed by atoms with van der Waals surface area (Å²) in [5, 5.41) is 18.5. The first-order valence-corrected chi connectivity index (χ1v) is 11.6. The fourth-order valence-corrected chi connectivity index (χ4v) is 3.48. The van der Waals surface area contributed by atoms with E-state index >= 15 is 0 Å². The number of nitrogens with zero attached hydrogens (tertiary/aromatic N) is 1. The van der Waals surface area contributed by atoms with Gasteiger partial charge < -0.3 is 20.5 Å². The van der Waals surface area contributed by atoms with Gasteiger partial charge in [0, 0.05) is 18.8 Å². The predicted molar refractivity (Wildman–Crippen MR) is 124 cm³/mol. The van der Waals surface area contributed by atoms with Crippen LogP contribution in [0.25, 0.3) is 0 Å². The summed E-state index contributed by atoms with van der Waals surface area (Å²) in [4.78, 5) is 42.6. The van der Waals surface area contributed by atoms with Crippen LogP contribution in [0, 0.1) is 11.3 Å². The molecule has 2 bridgehead atoms. The number of aliphatic hydroxyl groups excluding tert-OH is 1. The van der Waals surface area contributed by atoms with Crippen LogP contribution >= 0.6 is 0 Å². The number of amides is 2. The van der Waals surface area contributed by atoms with Crippen molar-refractivity contribution in [2.24, 2.45) is 11.3 Å². The third kappa shape index (κ3) is 9.09. The van der Waals surface area contributed by atoms with E-state index in [1.54, 1.807) is 26.2 Å². The highest BCUT2D eigenvalue weighted by Crippen LogP contribution is 2.14. The van der Waals surface area contributed by atoms with E-state index in [0.29, 0.717) is 6.54 Å². The van der Waals surface area contributed by atoms with Gasteiger partial charge in [-0.1, -0.05) is 40.7 Å². The van der Waals surface area contributed by atoms with Gasteiger partial charge in [-0.2, -0.15) is 0 Å². The van der Waals surface area contributed by atoms with Crippen LogP contribution in [0.4, 0.5) is 4.79 Å². The third-order valence-electron chi connectivity index (χ3n) is 5.31. The molecule has 2 heterocycles. The van der Waals surface area contributed by atoms with Crippen LogP contribution in [0.15, 0.2) is 18.5 Å². The highest BCUT2D eigenvalue weighted by atomic mass is 16.5. The Balaban J connectivity index is 2.17. The lowest BCUT2D eigenvalue weighted by Gasteiger charge is -2.27. The van der Waals surface area contributed by atoms with Crippen molar-refractivity contribution in [3.8, 4) is 0 Å². The fraction of sp³-hybridized carbons (Fsp3) is 0.667. The van der Waals surface area contributed by atoms with Gasteiger partial charge in [-0.05, 0) is 48.3 Å². The molecule has 3 atom stereocenters. The van der Waals surface area contributed by atoms with Gasteiger partial charge in [0.1, 0.15) is 6.04 Å². The number of carbonyl (C=O) groups is 3. The minimum atomic E-state index is -1.40. The van der Waals surface area contributed by atoms with E-state index in [4.69, 9.17) is 4.74 Å². The molecule has 0 aliphatic carbocycles. The first kappa shape index (κ1) is 26.7. The first-order chi connectivity index (χ1) is 15.5. The molecule has 9 heteroatoms.